The molecule has 5 nitrogen and oxygen atoms in total. The fraction of sp³-hybridized carbons (Fsp3) is 0.278. The molecule has 1 aromatic carbocycles. The van der Waals surface area contributed by atoms with Crippen molar-refractivity contribution in [3.05, 3.63) is 46.6 Å². The van der Waals surface area contributed by atoms with Crippen LogP contribution < -0.4 is 10.2 Å². The van der Waals surface area contributed by atoms with Gasteiger partial charge in [0, 0.05) is 17.6 Å². The van der Waals surface area contributed by atoms with Crippen LogP contribution in [0.15, 0.2) is 30.6 Å². The third-order valence-electron chi connectivity index (χ3n) is 4.05. The van der Waals surface area contributed by atoms with E-state index in [9.17, 15) is 4.79 Å². The van der Waals surface area contributed by atoms with Gasteiger partial charge >= 0.3 is 0 Å². The number of carbonyl (C=O) groups excluding carboxylic acids is 1. The Hall–Kier alpha value is -2.47. The maximum atomic E-state index is 12.4. The molecule has 0 fully saturated rings. The van der Waals surface area contributed by atoms with Gasteiger partial charge in [-0.25, -0.2) is 9.97 Å². The average molecular weight is 340 g/mol. The van der Waals surface area contributed by atoms with Gasteiger partial charge in [0.05, 0.1) is 11.9 Å². The van der Waals surface area contributed by atoms with E-state index in [1.165, 1.54) is 4.88 Å². The van der Waals surface area contributed by atoms with Crippen molar-refractivity contribution in [3.63, 3.8) is 0 Å². The number of aromatic nitrogens is 2. The Bertz CT molecular complexity index is 903. The van der Waals surface area contributed by atoms with Crippen LogP contribution in [0.25, 0.3) is 10.2 Å². The molecule has 0 saturated heterocycles. The summed E-state index contributed by atoms with van der Waals surface area (Å²) >= 11 is 1.63. The van der Waals surface area contributed by atoms with Crippen LogP contribution in [0.4, 0.5) is 11.5 Å². The van der Waals surface area contributed by atoms with Crippen LogP contribution in [0.2, 0.25) is 0 Å². The lowest BCUT2D eigenvalue weighted by atomic mass is 10.1. The summed E-state index contributed by atoms with van der Waals surface area (Å²) < 4.78 is 0. The number of benzene rings is 1. The van der Waals surface area contributed by atoms with E-state index in [2.05, 4.69) is 21.4 Å². The largest absolute Gasteiger partial charge is 0.350 e. The molecule has 124 valence electrons. The lowest BCUT2D eigenvalue weighted by molar-refractivity contribution is -0.114. The average Bonchev–Trinajstić information content (AvgIpc) is 2.91. The molecule has 3 aromatic rings. The van der Waals surface area contributed by atoms with Crippen molar-refractivity contribution in [1.82, 2.24) is 9.97 Å². The number of amides is 1. The molecule has 0 unspecified atom stereocenters. The molecule has 3 rings (SSSR count). The van der Waals surface area contributed by atoms with E-state index in [0.717, 1.165) is 32.8 Å². The zero-order valence-corrected chi connectivity index (χ0v) is 15.1. The van der Waals surface area contributed by atoms with Gasteiger partial charge in [-0.05, 0) is 44.0 Å². The number of likely N-dealkylation sites (N-methyl/N-ethyl adjacent to an activating group) is 1. The minimum absolute atomic E-state index is 0.0649. The van der Waals surface area contributed by atoms with Crippen LogP contribution in [0, 0.1) is 20.8 Å². The number of nitrogens with one attached hydrogen (secondary N) is 1. The quantitative estimate of drug-likeness (QED) is 0.787. The highest BCUT2D eigenvalue weighted by molar-refractivity contribution is 7.18. The molecule has 0 spiro atoms. The number of carbonyl (C=O) groups is 1. The topological polar surface area (TPSA) is 58.1 Å². The number of hydrogen-bond donors (Lipinski definition) is 1. The van der Waals surface area contributed by atoms with E-state index in [-0.39, 0.29) is 12.5 Å². The molecular weight excluding hydrogens is 320 g/mol. The van der Waals surface area contributed by atoms with Crippen molar-refractivity contribution in [2.45, 2.75) is 20.8 Å². The van der Waals surface area contributed by atoms with Crippen molar-refractivity contribution in [2.75, 3.05) is 23.8 Å². The Kier molecular flexibility index (Phi) is 4.49. The fourth-order valence-electron chi connectivity index (χ4n) is 2.63. The smallest absolute Gasteiger partial charge is 0.243 e. The lowest BCUT2D eigenvalue weighted by Crippen LogP contribution is -2.31. The summed E-state index contributed by atoms with van der Waals surface area (Å²) in [5.41, 5.74) is 3.10. The van der Waals surface area contributed by atoms with E-state index in [4.69, 9.17) is 0 Å². The molecule has 0 aliphatic carbocycles. The number of aryl methyl sites for hydroxylation is 2. The minimum atomic E-state index is -0.0649. The third kappa shape index (κ3) is 3.23. The molecule has 0 atom stereocenters. The monoisotopic (exact) mass is 340 g/mol. The van der Waals surface area contributed by atoms with Crippen LogP contribution in [0.3, 0.4) is 0 Å². The van der Waals surface area contributed by atoms with Crippen molar-refractivity contribution < 1.29 is 4.79 Å². The molecule has 0 saturated carbocycles. The number of rotatable bonds is 4. The predicted molar refractivity (Wildman–Crippen MR) is 100.0 cm³/mol. The van der Waals surface area contributed by atoms with Crippen molar-refractivity contribution >= 4 is 39.0 Å². The first-order chi connectivity index (χ1) is 11.5. The maximum absolute atomic E-state index is 12.4. The molecular formula is C18H20N4OS. The summed E-state index contributed by atoms with van der Waals surface area (Å²) in [6.45, 7) is 6.32. The summed E-state index contributed by atoms with van der Waals surface area (Å²) in [5.74, 6) is 0.713. The van der Waals surface area contributed by atoms with Gasteiger partial charge in [-0.2, -0.15) is 0 Å². The third-order valence-corrected chi connectivity index (χ3v) is 5.01. The summed E-state index contributed by atoms with van der Waals surface area (Å²) in [7, 11) is 1.87. The Morgan fingerprint density at radius 2 is 2.04 bits per heavy atom. The Labute approximate surface area is 145 Å². The molecule has 2 aromatic heterocycles. The molecule has 2 heterocycles. The van der Waals surface area contributed by atoms with Crippen LogP contribution in [0.5, 0.6) is 0 Å². The lowest BCUT2D eigenvalue weighted by Gasteiger charge is -2.19. The number of anilines is 2. The van der Waals surface area contributed by atoms with Crippen LogP contribution in [-0.4, -0.2) is 29.5 Å². The number of fused-ring (bicyclic) bond motifs is 1. The van der Waals surface area contributed by atoms with Crippen molar-refractivity contribution in [2.24, 2.45) is 0 Å². The van der Waals surface area contributed by atoms with Crippen LogP contribution in [-0.2, 0) is 4.79 Å². The molecule has 1 N–H and O–H groups in total. The first-order valence-corrected chi connectivity index (χ1v) is 8.55. The Balaban J connectivity index is 1.77. The molecule has 0 aliphatic rings. The predicted octanol–water partition coefficient (Wildman–Crippen LogP) is 3.69. The standard InChI is InChI=1S/C18H20N4OS/c1-11-6-5-7-15(13(11)3)21-16(23)9-22(4)17-14-8-12(2)24-18(14)20-10-19-17/h5-8,10H,9H2,1-4H3,(H,21,23). The number of hydrogen-bond acceptors (Lipinski definition) is 5. The van der Waals surface area contributed by atoms with Gasteiger partial charge in [0.15, 0.2) is 0 Å². The molecule has 1 amide bonds. The first kappa shape index (κ1) is 16.4. The van der Waals surface area contributed by atoms with E-state index in [0.29, 0.717) is 0 Å². The number of nitrogens with zero attached hydrogens (tertiary/aromatic N) is 3. The normalized spacial score (nSPS) is 10.8. The Morgan fingerprint density at radius 3 is 2.83 bits per heavy atom. The second-order valence-corrected chi connectivity index (χ2v) is 7.16. The minimum Gasteiger partial charge on any atom is -0.350 e. The molecule has 0 radical (unpaired) electrons. The van der Waals surface area contributed by atoms with E-state index in [1.807, 2.05) is 50.9 Å². The summed E-state index contributed by atoms with van der Waals surface area (Å²) in [6.07, 6.45) is 1.55. The van der Waals surface area contributed by atoms with Gasteiger partial charge in [-0.1, -0.05) is 12.1 Å². The highest BCUT2D eigenvalue weighted by Gasteiger charge is 2.14. The SMILES string of the molecule is Cc1cc2c(N(C)CC(=O)Nc3cccc(C)c3C)ncnc2s1. The number of thiophene rings is 1. The summed E-state index contributed by atoms with van der Waals surface area (Å²) in [5, 5.41) is 3.97. The van der Waals surface area contributed by atoms with Gasteiger partial charge in [-0.3, -0.25) is 4.79 Å². The first-order valence-electron chi connectivity index (χ1n) is 7.74. The van der Waals surface area contributed by atoms with Gasteiger partial charge in [-0.15, -0.1) is 11.3 Å². The summed E-state index contributed by atoms with van der Waals surface area (Å²) in [6, 6.07) is 7.97. The van der Waals surface area contributed by atoms with Gasteiger partial charge in [0.25, 0.3) is 0 Å². The van der Waals surface area contributed by atoms with Crippen molar-refractivity contribution in [1.29, 1.82) is 0 Å². The second-order valence-electron chi connectivity index (χ2n) is 5.92. The molecule has 0 aliphatic heterocycles. The van der Waals surface area contributed by atoms with E-state index in [1.54, 1.807) is 17.7 Å². The van der Waals surface area contributed by atoms with E-state index < -0.39 is 0 Å². The molecule has 0 bridgehead atoms. The van der Waals surface area contributed by atoms with Gasteiger partial charge in [0.2, 0.25) is 5.91 Å². The van der Waals surface area contributed by atoms with Gasteiger partial charge < -0.3 is 10.2 Å². The fourth-order valence-corrected chi connectivity index (χ4v) is 3.48. The van der Waals surface area contributed by atoms with Gasteiger partial charge in [0.1, 0.15) is 17.0 Å². The van der Waals surface area contributed by atoms with Crippen LogP contribution >= 0.6 is 11.3 Å². The Morgan fingerprint density at radius 1 is 1.25 bits per heavy atom. The van der Waals surface area contributed by atoms with Crippen molar-refractivity contribution in [3.8, 4) is 0 Å². The highest BCUT2D eigenvalue weighted by Crippen LogP contribution is 2.29. The van der Waals surface area contributed by atoms with Crippen LogP contribution in [0.1, 0.15) is 16.0 Å². The maximum Gasteiger partial charge on any atom is 0.243 e. The summed E-state index contributed by atoms with van der Waals surface area (Å²) in [4.78, 5) is 25.0. The highest BCUT2D eigenvalue weighted by atomic mass is 32.1. The zero-order valence-electron chi connectivity index (χ0n) is 14.3. The molecule has 6 heteroatoms. The second kappa shape index (κ2) is 6.57. The zero-order chi connectivity index (χ0) is 17.3. The molecule has 24 heavy (non-hydrogen) atoms. The van der Waals surface area contributed by atoms with E-state index >= 15 is 0 Å².